The summed E-state index contributed by atoms with van der Waals surface area (Å²) in [5.74, 6) is -0.332. The molecule has 1 N–H and O–H groups in total. The number of hydrogen-bond donors (Lipinski definition) is 1. The predicted molar refractivity (Wildman–Crippen MR) is 68.0 cm³/mol. The van der Waals surface area contributed by atoms with E-state index in [0.717, 1.165) is 23.9 Å². The minimum Gasteiger partial charge on any atom is -0.462 e. The summed E-state index contributed by atoms with van der Waals surface area (Å²) in [6.07, 6.45) is 2.45. The largest absolute Gasteiger partial charge is 0.462 e. The molecule has 0 saturated heterocycles. The van der Waals surface area contributed by atoms with Crippen LogP contribution in [0.3, 0.4) is 0 Å². The Morgan fingerprint density at radius 2 is 2.18 bits per heavy atom. The van der Waals surface area contributed by atoms with Crippen molar-refractivity contribution in [3.05, 3.63) is 34.8 Å². The van der Waals surface area contributed by atoms with E-state index in [2.05, 4.69) is 19.2 Å². The van der Waals surface area contributed by atoms with Crippen molar-refractivity contribution >= 4 is 22.6 Å². The third kappa shape index (κ3) is 2.79. The number of hydrogen-bond acceptors (Lipinski definition) is 2. The molecule has 1 heterocycles. The van der Waals surface area contributed by atoms with Gasteiger partial charge in [-0.15, -0.1) is 0 Å². The Labute approximate surface area is 105 Å². The van der Waals surface area contributed by atoms with Crippen molar-refractivity contribution in [2.75, 3.05) is 6.54 Å². The topological polar surface area (TPSA) is 25.2 Å². The Balaban J connectivity index is 2.23. The first kappa shape index (κ1) is 12.4. The molecule has 92 valence electrons. The lowest BCUT2D eigenvalue weighted by atomic mass is 10.1. The lowest BCUT2D eigenvalue weighted by molar-refractivity contribution is 0.580. The second-order valence-corrected chi connectivity index (χ2v) is 4.79. The maximum Gasteiger partial charge on any atom is 0.152 e. The van der Waals surface area contributed by atoms with Gasteiger partial charge in [0, 0.05) is 11.4 Å². The van der Waals surface area contributed by atoms with Crippen molar-refractivity contribution in [1.82, 2.24) is 5.32 Å². The molecule has 4 heteroatoms. The maximum atomic E-state index is 13.3. The van der Waals surface area contributed by atoms with E-state index in [0.29, 0.717) is 16.6 Å². The Morgan fingerprint density at radius 3 is 2.88 bits per heavy atom. The van der Waals surface area contributed by atoms with E-state index in [1.165, 1.54) is 12.1 Å². The summed E-state index contributed by atoms with van der Waals surface area (Å²) >= 11 is 5.91. The third-order valence-corrected chi connectivity index (χ3v) is 2.90. The molecule has 2 nitrogen and oxygen atoms in total. The van der Waals surface area contributed by atoms with Gasteiger partial charge in [-0.25, -0.2) is 4.39 Å². The van der Waals surface area contributed by atoms with Crippen molar-refractivity contribution in [2.24, 2.45) is 0 Å². The molecule has 0 saturated carbocycles. The maximum absolute atomic E-state index is 13.3. The number of benzene rings is 1. The normalized spacial score (nSPS) is 11.6. The summed E-state index contributed by atoms with van der Waals surface area (Å²) < 4.78 is 18.6. The van der Waals surface area contributed by atoms with Gasteiger partial charge in [-0.3, -0.25) is 0 Å². The minimum atomic E-state index is -0.332. The van der Waals surface area contributed by atoms with Crippen LogP contribution in [0.25, 0.3) is 11.0 Å². The molecular formula is C13H15ClFNO. The predicted octanol–water partition coefficient (Wildman–Crippen LogP) is 3.77. The van der Waals surface area contributed by atoms with Crippen LogP contribution in [0.15, 0.2) is 22.8 Å². The van der Waals surface area contributed by atoms with E-state index in [-0.39, 0.29) is 5.82 Å². The zero-order valence-electron chi connectivity index (χ0n) is 9.89. The molecule has 17 heavy (non-hydrogen) atoms. The number of halogens is 2. The average molecular weight is 256 g/mol. The van der Waals surface area contributed by atoms with E-state index >= 15 is 0 Å². The van der Waals surface area contributed by atoms with Gasteiger partial charge < -0.3 is 9.73 Å². The van der Waals surface area contributed by atoms with Crippen molar-refractivity contribution in [3.8, 4) is 0 Å². The average Bonchev–Trinajstić information content (AvgIpc) is 2.61. The fraction of sp³-hybridized carbons (Fsp3) is 0.385. The molecule has 0 aliphatic rings. The SMILES string of the molecule is CC(C)NCCc1coc2c(Cl)cc(F)cc12. The van der Waals surface area contributed by atoms with Crippen LogP contribution in [0, 0.1) is 5.82 Å². The molecule has 0 bridgehead atoms. The molecule has 2 aromatic rings. The Hall–Kier alpha value is -1.06. The fourth-order valence-corrected chi connectivity index (χ4v) is 2.05. The molecule has 0 atom stereocenters. The highest BCUT2D eigenvalue weighted by atomic mass is 35.5. The van der Waals surface area contributed by atoms with Crippen molar-refractivity contribution in [1.29, 1.82) is 0 Å². The van der Waals surface area contributed by atoms with Gasteiger partial charge in [0.05, 0.1) is 11.3 Å². The second-order valence-electron chi connectivity index (χ2n) is 4.38. The van der Waals surface area contributed by atoms with Gasteiger partial charge >= 0.3 is 0 Å². The summed E-state index contributed by atoms with van der Waals surface area (Å²) in [5, 5.41) is 4.40. The molecule has 0 unspecified atom stereocenters. The minimum absolute atomic E-state index is 0.322. The van der Waals surface area contributed by atoms with Crippen molar-refractivity contribution < 1.29 is 8.81 Å². The Kier molecular flexibility index (Phi) is 3.69. The van der Waals surface area contributed by atoms with E-state index < -0.39 is 0 Å². The highest BCUT2D eigenvalue weighted by Gasteiger charge is 2.10. The molecule has 1 aromatic heterocycles. The monoisotopic (exact) mass is 255 g/mol. The van der Waals surface area contributed by atoms with Crippen LogP contribution in [0.2, 0.25) is 5.02 Å². The van der Waals surface area contributed by atoms with E-state index in [1.807, 2.05) is 0 Å². The lowest BCUT2D eigenvalue weighted by Gasteiger charge is -2.06. The van der Waals surface area contributed by atoms with Gasteiger partial charge in [0.15, 0.2) is 5.58 Å². The van der Waals surface area contributed by atoms with Gasteiger partial charge in [0.1, 0.15) is 5.82 Å². The van der Waals surface area contributed by atoms with Crippen LogP contribution in [0.1, 0.15) is 19.4 Å². The van der Waals surface area contributed by atoms with E-state index in [4.69, 9.17) is 16.0 Å². The summed E-state index contributed by atoms with van der Waals surface area (Å²) in [6.45, 7) is 5.01. The first-order valence-corrected chi connectivity index (χ1v) is 6.04. The molecule has 0 fully saturated rings. The molecular weight excluding hydrogens is 241 g/mol. The number of furan rings is 1. The highest BCUT2D eigenvalue weighted by molar-refractivity contribution is 6.34. The van der Waals surface area contributed by atoms with Crippen molar-refractivity contribution in [3.63, 3.8) is 0 Å². The number of nitrogens with one attached hydrogen (secondary N) is 1. The van der Waals surface area contributed by atoms with Gasteiger partial charge in [-0.05, 0) is 30.7 Å². The Morgan fingerprint density at radius 1 is 1.41 bits per heavy atom. The van der Waals surface area contributed by atoms with Crippen LogP contribution in [-0.4, -0.2) is 12.6 Å². The van der Waals surface area contributed by atoms with Gasteiger partial charge in [0.25, 0.3) is 0 Å². The van der Waals surface area contributed by atoms with E-state index in [9.17, 15) is 4.39 Å². The lowest BCUT2D eigenvalue weighted by Crippen LogP contribution is -2.24. The Bertz CT molecular complexity index is 521. The number of fused-ring (bicyclic) bond motifs is 1. The first-order valence-electron chi connectivity index (χ1n) is 5.66. The molecule has 1 aromatic carbocycles. The van der Waals surface area contributed by atoms with Gasteiger partial charge in [-0.2, -0.15) is 0 Å². The molecule has 0 spiro atoms. The fourth-order valence-electron chi connectivity index (χ4n) is 1.80. The van der Waals surface area contributed by atoms with Crippen LogP contribution in [0.4, 0.5) is 4.39 Å². The summed E-state index contributed by atoms with van der Waals surface area (Å²) in [4.78, 5) is 0. The molecule has 0 aliphatic heterocycles. The zero-order chi connectivity index (χ0) is 12.4. The van der Waals surface area contributed by atoms with Crippen LogP contribution in [-0.2, 0) is 6.42 Å². The molecule has 2 rings (SSSR count). The summed E-state index contributed by atoms with van der Waals surface area (Å²) in [6, 6.07) is 3.17. The smallest absolute Gasteiger partial charge is 0.152 e. The molecule has 0 aliphatic carbocycles. The summed E-state index contributed by atoms with van der Waals surface area (Å²) in [5.41, 5.74) is 1.54. The van der Waals surface area contributed by atoms with Crippen molar-refractivity contribution in [2.45, 2.75) is 26.3 Å². The number of rotatable bonds is 4. The quantitative estimate of drug-likeness (QED) is 0.900. The van der Waals surface area contributed by atoms with Gasteiger partial charge in [0.2, 0.25) is 0 Å². The van der Waals surface area contributed by atoms with Crippen LogP contribution in [0.5, 0.6) is 0 Å². The van der Waals surface area contributed by atoms with Crippen LogP contribution >= 0.6 is 11.6 Å². The molecule has 0 amide bonds. The second kappa shape index (κ2) is 5.07. The van der Waals surface area contributed by atoms with E-state index in [1.54, 1.807) is 6.26 Å². The molecule has 0 radical (unpaired) electrons. The zero-order valence-corrected chi connectivity index (χ0v) is 10.6. The first-order chi connectivity index (χ1) is 8.08. The van der Waals surface area contributed by atoms with Crippen LogP contribution < -0.4 is 5.32 Å². The highest BCUT2D eigenvalue weighted by Crippen LogP contribution is 2.29. The standard InChI is InChI=1S/C13H15ClFNO/c1-8(2)16-4-3-9-7-17-13-11(9)5-10(15)6-12(13)14/h5-8,16H,3-4H2,1-2H3. The van der Waals surface area contributed by atoms with Gasteiger partial charge in [-0.1, -0.05) is 25.4 Å². The summed E-state index contributed by atoms with van der Waals surface area (Å²) in [7, 11) is 0. The third-order valence-electron chi connectivity index (χ3n) is 2.62.